The number of halogens is 1. The van der Waals surface area contributed by atoms with Crippen LogP contribution in [0.1, 0.15) is 42.9 Å². The summed E-state index contributed by atoms with van der Waals surface area (Å²) >= 11 is 7.74. The van der Waals surface area contributed by atoms with Crippen molar-refractivity contribution in [3.63, 3.8) is 0 Å². The molecule has 0 spiro atoms. The monoisotopic (exact) mass is 454 g/mol. The molecule has 158 valence electrons. The number of anilines is 1. The molecule has 0 radical (unpaired) electrons. The third-order valence-electron chi connectivity index (χ3n) is 5.65. The van der Waals surface area contributed by atoms with E-state index >= 15 is 0 Å². The summed E-state index contributed by atoms with van der Waals surface area (Å²) in [6, 6.07) is 13.9. The number of thiophene rings is 1. The first kappa shape index (κ1) is 20.1. The van der Waals surface area contributed by atoms with Crippen molar-refractivity contribution in [2.75, 3.05) is 18.9 Å². The summed E-state index contributed by atoms with van der Waals surface area (Å²) in [4.78, 5) is 28.0. The van der Waals surface area contributed by atoms with Gasteiger partial charge in [-0.3, -0.25) is 4.79 Å². The number of carbonyl (C=O) groups excluding carboxylic acids is 2. The van der Waals surface area contributed by atoms with Crippen molar-refractivity contribution < 1.29 is 19.2 Å². The number of benzene rings is 2. The van der Waals surface area contributed by atoms with Crippen LogP contribution in [0.25, 0.3) is 0 Å². The van der Waals surface area contributed by atoms with E-state index in [4.69, 9.17) is 16.3 Å². The fourth-order valence-corrected chi connectivity index (χ4v) is 5.62. The Morgan fingerprint density at radius 1 is 1.16 bits per heavy atom. The normalized spacial score (nSPS) is 19.6. The Morgan fingerprint density at radius 3 is 2.71 bits per heavy atom. The van der Waals surface area contributed by atoms with Gasteiger partial charge in [0.2, 0.25) is 0 Å². The van der Waals surface area contributed by atoms with Gasteiger partial charge in [0.15, 0.2) is 0 Å². The molecule has 3 heterocycles. The van der Waals surface area contributed by atoms with E-state index in [-0.39, 0.29) is 12.1 Å². The molecular formula is C23H21ClN3O3S+. The van der Waals surface area contributed by atoms with Gasteiger partial charge in [-0.05, 0) is 35.4 Å². The van der Waals surface area contributed by atoms with Crippen LogP contribution < -0.4 is 20.3 Å². The third kappa shape index (κ3) is 3.80. The number of fused-ring (bicyclic) bond motifs is 3. The highest BCUT2D eigenvalue weighted by molar-refractivity contribution is 7.16. The lowest BCUT2D eigenvalue weighted by Gasteiger charge is -2.27. The second-order valence-electron chi connectivity index (χ2n) is 7.83. The van der Waals surface area contributed by atoms with E-state index in [1.54, 1.807) is 47.7 Å². The zero-order chi connectivity index (χ0) is 21.5. The topological polar surface area (TPSA) is 71.9 Å². The first-order valence-electron chi connectivity index (χ1n) is 10.1. The van der Waals surface area contributed by atoms with E-state index in [1.807, 2.05) is 12.1 Å². The number of nitrogens with one attached hydrogen (secondary N) is 3. The third-order valence-corrected chi connectivity index (χ3v) is 7.14. The van der Waals surface area contributed by atoms with Crippen LogP contribution in [0.2, 0.25) is 5.02 Å². The van der Waals surface area contributed by atoms with E-state index < -0.39 is 5.97 Å². The summed E-state index contributed by atoms with van der Waals surface area (Å²) in [6.07, 6.45) is 0.594. The lowest BCUT2D eigenvalue weighted by Crippen LogP contribution is -3.08. The van der Waals surface area contributed by atoms with Crippen molar-refractivity contribution in [1.29, 1.82) is 0 Å². The zero-order valence-corrected chi connectivity index (χ0v) is 18.4. The van der Waals surface area contributed by atoms with Crippen molar-refractivity contribution in [2.24, 2.45) is 0 Å². The van der Waals surface area contributed by atoms with Crippen LogP contribution in [0.15, 0.2) is 48.5 Å². The van der Waals surface area contributed by atoms with Crippen molar-refractivity contribution >= 4 is 39.8 Å². The Kier molecular flexibility index (Phi) is 5.17. The summed E-state index contributed by atoms with van der Waals surface area (Å²) in [7, 11) is 2.18. The second kappa shape index (κ2) is 8.00. The Labute approximate surface area is 188 Å². The van der Waals surface area contributed by atoms with Gasteiger partial charge in [-0.2, -0.15) is 0 Å². The number of rotatable bonds is 3. The molecule has 31 heavy (non-hydrogen) atoms. The molecule has 0 saturated heterocycles. The van der Waals surface area contributed by atoms with Gasteiger partial charge in [-0.15, -0.1) is 11.3 Å². The first-order valence-corrected chi connectivity index (χ1v) is 11.3. The molecule has 6 nitrogen and oxygen atoms in total. The molecule has 0 fully saturated rings. The summed E-state index contributed by atoms with van der Waals surface area (Å²) in [6.45, 7) is 2.00. The van der Waals surface area contributed by atoms with E-state index in [0.29, 0.717) is 16.3 Å². The SMILES string of the molecule is C[NH+]1CCc2c(sc3c2C(=O)N[C@@H](c2ccc(OC(=O)c4ccccc4Cl)cc2)N3)C1. The quantitative estimate of drug-likeness (QED) is 0.420. The Bertz CT molecular complexity index is 1180. The van der Waals surface area contributed by atoms with Crippen LogP contribution in [0.5, 0.6) is 5.75 Å². The van der Waals surface area contributed by atoms with E-state index in [0.717, 1.165) is 35.6 Å². The largest absolute Gasteiger partial charge is 0.423 e. The number of likely N-dealkylation sites (N-methyl/N-ethyl adjacent to an activating group) is 1. The molecule has 2 aromatic carbocycles. The lowest BCUT2D eigenvalue weighted by molar-refractivity contribution is -0.895. The number of esters is 1. The second-order valence-corrected chi connectivity index (χ2v) is 9.34. The van der Waals surface area contributed by atoms with Crippen LogP contribution in [0.3, 0.4) is 0 Å². The molecule has 5 rings (SSSR count). The van der Waals surface area contributed by atoms with Gasteiger partial charge >= 0.3 is 5.97 Å². The minimum Gasteiger partial charge on any atom is -0.423 e. The Hall–Kier alpha value is -2.87. The molecular weight excluding hydrogens is 434 g/mol. The molecule has 2 aliphatic heterocycles. The first-order chi connectivity index (χ1) is 15.0. The zero-order valence-electron chi connectivity index (χ0n) is 16.8. The van der Waals surface area contributed by atoms with Crippen LogP contribution in [-0.4, -0.2) is 25.5 Å². The minimum atomic E-state index is -0.511. The predicted octanol–water partition coefficient (Wildman–Crippen LogP) is 3.05. The van der Waals surface area contributed by atoms with Crippen LogP contribution in [-0.2, 0) is 13.0 Å². The number of ether oxygens (including phenoxy) is 1. The Morgan fingerprint density at radius 2 is 1.94 bits per heavy atom. The average Bonchev–Trinajstić information content (AvgIpc) is 3.12. The fraction of sp³-hybridized carbons (Fsp3) is 0.217. The van der Waals surface area contributed by atoms with Gasteiger partial charge in [0.1, 0.15) is 23.5 Å². The molecule has 8 heteroatoms. The molecule has 0 saturated carbocycles. The Balaban J connectivity index is 1.32. The molecule has 2 aliphatic rings. The van der Waals surface area contributed by atoms with Gasteiger partial charge < -0.3 is 20.3 Å². The van der Waals surface area contributed by atoms with E-state index in [2.05, 4.69) is 17.7 Å². The molecule has 0 bridgehead atoms. The van der Waals surface area contributed by atoms with Gasteiger partial charge in [-0.25, -0.2) is 4.79 Å². The molecule has 2 atom stereocenters. The smallest absolute Gasteiger partial charge is 0.345 e. The summed E-state index contributed by atoms with van der Waals surface area (Å²) in [5, 5.41) is 7.80. The molecule has 1 aromatic heterocycles. The van der Waals surface area contributed by atoms with Crippen molar-refractivity contribution in [3.8, 4) is 5.75 Å². The van der Waals surface area contributed by atoms with E-state index in [9.17, 15) is 9.59 Å². The number of carbonyl (C=O) groups is 2. The lowest BCUT2D eigenvalue weighted by atomic mass is 10.0. The molecule has 1 unspecified atom stereocenters. The maximum Gasteiger partial charge on any atom is 0.345 e. The van der Waals surface area contributed by atoms with Gasteiger partial charge in [0.25, 0.3) is 5.91 Å². The predicted molar refractivity (Wildman–Crippen MR) is 120 cm³/mol. The van der Waals surface area contributed by atoms with Crippen molar-refractivity contribution in [1.82, 2.24) is 5.32 Å². The summed E-state index contributed by atoms with van der Waals surface area (Å²) < 4.78 is 5.43. The fourth-order valence-electron chi connectivity index (χ4n) is 4.02. The molecule has 1 amide bonds. The molecule has 3 aromatic rings. The number of hydrogen-bond donors (Lipinski definition) is 3. The summed E-state index contributed by atoms with van der Waals surface area (Å²) in [5.41, 5.74) is 3.19. The highest BCUT2D eigenvalue weighted by atomic mass is 35.5. The van der Waals surface area contributed by atoms with Gasteiger partial charge in [0, 0.05) is 6.42 Å². The van der Waals surface area contributed by atoms with Crippen LogP contribution in [0, 0.1) is 0 Å². The van der Waals surface area contributed by atoms with E-state index in [1.165, 1.54) is 15.3 Å². The molecule has 3 N–H and O–H groups in total. The van der Waals surface area contributed by atoms with Gasteiger partial charge in [0.05, 0.1) is 34.6 Å². The van der Waals surface area contributed by atoms with Gasteiger partial charge in [-0.1, -0.05) is 35.9 Å². The maximum absolute atomic E-state index is 12.9. The number of quaternary nitrogens is 1. The van der Waals surface area contributed by atoms with Crippen LogP contribution >= 0.6 is 22.9 Å². The highest BCUT2D eigenvalue weighted by Crippen LogP contribution is 2.39. The van der Waals surface area contributed by atoms with Crippen molar-refractivity contribution in [2.45, 2.75) is 19.1 Å². The standard InChI is InChI=1S/C23H20ClN3O3S/c1-27-11-10-16-18(12-27)31-22-19(16)21(28)25-20(26-22)13-6-8-14(9-7-13)30-23(29)15-4-2-3-5-17(15)24/h2-9,20,26H,10-12H2,1H3,(H,25,28)/p+1/t20-/m1/s1. The highest BCUT2D eigenvalue weighted by Gasteiger charge is 2.33. The van der Waals surface area contributed by atoms with Crippen LogP contribution in [0.4, 0.5) is 5.00 Å². The summed E-state index contributed by atoms with van der Waals surface area (Å²) in [5.74, 6) is -0.137. The average molecular weight is 455 g/mol. The molecule has 0 aliphatic carbocycles. The number of hydrogen-bond acceptors (Lipinski definition) is 5. The number of amides is 1. The maximum atomic E-state index is 12.9. The minimum absolute atomic E-state index is 0.0370. The van der Waals surface area contributed by atoms with Crippen molar-refractivity contribution in [3.05, 3.63) is 80.7 Å².